The number of nitrogens with two attached hydrogens (primary N) is 1. The van der Waals surface area contributed by atoms with Gasteiger partial charge in [0.25, 0.3) is 0 Å². The van der Waals surface area contributed by atoms with Crippen molar-refractivity contribution in [2.24, 2.45) is 5.92 Å². The number of hydrogen-bond donors (Lipinski definition) is 2. The first kappa shape index (κ1) is 19.5. The van der Waals surface area contributed by atoms with Crippen molar-refractivity contribution in [3.63, 3.8) is 0 Å². The Morgan fingerprint density at radius 1 is 1.17 bits per heavy atom. The third-order valence-corrected chi connectivity index (χ3v) is 5.90. The van der Waals surface area contributed by atoms with E-state index in [1.54, 1.807) is 0 Å². The van der Waals surface area contributed by atoms with Crippen LogP contribution in [0.2, 0.25) is 0 Å². The normalized spacial score (nSPS) is 16.0. The van der Waals surface area contributed by atoms with Crippen LogP contribution in [-0.4, -0.2) is 38.4 Å². The molecule has 152 valence electrons. The third-order valence-electron chi connectivity index (χ3n) is 5.90. The number of nitrogen functional groups attached to an aromatic ring is 1. The van der Waals surface area contributed by atoms with Gasteiger partial charge in [0.2, 0.25) is 0 Å². The highest BCUT2D eigenvalue weighted by atomic mass is 16.4. The molecule has 6 nitrogen and oxygen atoms in total. The summed E-state index contributed by atoms with van der Waals surface area (Å²) < 4.78 is 2.07. The first-order chi connectivity index (χ1) is 13.9. The second-order valence-electron chi connectivity index (χ2n) is 8.26. The van der Waals surface area contributed by atoms with Crippen LogP contribution in [0.3, 0.4) is 0 Å². The summed E-state index contributed by atoms with van der Waals surface area (Å²) in [6.45, 7) is 6.65. The maximum atomic E-state index is 11.3. The molecule has 4 rings (SSSR count). The maximum absolute atomic E-state index is 11.3. The molecule has 0 atom stereocenters. The van der Waals surface area contributed by atoms with E-state index in [2.05, 4.69) is 47.4 Å². The second-order valence-corrected chi connectivity index (χ2v) is 8.26. The van der Waals surface area contributed by atoms with Gasteiger partial charge in [-0.1, -0.05) is 38.1 Å². The molecule has 0 amide bonds. The van der Waals surface area contributed by atoms with Crippen molar-refractivity contribution in [2.75, 3.05) is 18.8 Å². The number of aromatic nitrogens is 2. The lowest BCUT2D eigenvalue weighted by Gasteiger charge is -2.30. The van der Waals surface area contributed by atoms with Crippen molar-refractivity contribution in [2.45, 2.75) is 39.2 Å². The predicted molar refractivity (Wildman–Crippen MR) is 115 cm³/mol. The fourth-order valence-corrected chi connectivity index (χ4v) is 4.07. The Bertz CT molecular complexity index is 1020. The van der Waals surface area contributed by atoms with Crippen molar-refractivity contribution in [1.82, 2.24) is 14.3 Å². The molecule has 0 bridgehead atoms. The molecule has 1 fully saturated rings. The number of aliphatic carboxylic acids is 1. The van der Waals surface area contributed by atoms with E-state index in [0.717, 1.165) is 42.2 Å². The van der Waals surface area contributed by atoms with Gasteiger partial charge in [-0.15, -0.1) is 0 Å². The van der Waals surface area contributed by atoms with Crippen LogP contribution in [0.1, 0.15) is 43.9 Å². The molecule has 0 saturated carbocycles. The van der Waals surface area contributed by atoms with Crippen molar-refractivity contribution >= 4 is 17.3 Å². The Labute approximate surface area is 171 Å². The molecule has 0 spiro atoms. The lowest BCUT2D eigenvalue weighted by Crippen LogP contribution is -2.36. The molecule has 2 aromatic heterocycles. The van der Waals surface area contributed by atoms with Crippen molar-refractivity contribution in [1.29, 1.82) is 0 Å². The van der Waals surface area contributed by atoms with Crippen LogP contribution < -0.4 is 5.73 Å². The first-order valence-corrected chi connectivity index (χ1v) is 10.2. The summed E-state index contributed by atoms with van der Waals surface area (Å²) in [6, 6.07) is 12.4. The van der Waals surface area contributed by atoms with Crippen LogP contribution in [0.25, 0.3) is 16.9 Å². The highest BCUT2D eigenvalue weighted by Crippen LogP contribution is 2.29. The minimum Gasteiger partial charge on any atom is -0.481 e. The summed E-state index contributed by atoms with van der Waals surface area (Å²) in [5.74, 6) is -0.426. The number of benzene rings is 1. The lowest BCUT2D eigenvalue weighted by molar-refractivity contribution is -0.143. The number of anilines is 1. The highest BCUT2D eigenvalue weighted by molar-refractivity contribution is 5.70. The molecular formula is C23H28N4O2. The Kier molecular flexibility index (Phi) is 5.28. The van der Waals surface area contributed by atoms with Gasteiger partial charge in [-0.3, -0.25) is 9.69 Å². The number of pyridine rings is 1. The van der Waals surface area contributed by atoms with E-state index in [9.17, 15) is 9.90 Å². The number of carbonyl (C=O) groups is 1. The Morgan fingerprint density at radius 2 is 1.86 bits per heavy atom. The number of imidazole rings is 1. The maximum Gasteiger partial charge on any atom is 0.306 e. The highest BCUT2D eigenvalue weighted by Gasteiger charge is 2.26. The van der Waals surface area contributed by atoms with E-state index in [-0.39, 0.29) is 5.92 Å². The summed E-state index contributed by atoms with van der Waals surface area (Å²) in [6.07, 6.45) is 3.30. The van der Waals surface area contributed by atoms with Crippen molar-refractivity contribution in [3.8, 4) is 11.3 Å². The molecule has 3 aromatic rings. The summed E-state index contributed by atoms with van der Waals surface area (Å²) in [5, 5.41) is 9.26. The van der Waals surface area contributed by atoms with E-state index in [0.29, 0.717) is 24.4 Å². The van der Waals surface area contributed by atoms with E-state index in [1.165, 1.54) is 5.56 Å². The van der Waals surface area contributed by atoms with Gasteiger partial charge >= 0.3 is 5.97 Å². The van der Waals surface area contributed by atoms with Gasteiger partial charge in [-0.05, 0) is 49.5 Å². The predicted octanol–water partition coefficient (Wildman–Crippen LogP) is 4.00. The zero-order valence-corrected chi connectivity index (χ0v) is 17.0. The molecule has 1 aliphatic heterocycles. The summed E-state index contributed by atoms with van der Waals surface area (Å²) in [4.78, 5) is 18.5. The van der Waals surface area contributed by atoms with Crippen LogP contribution >= 0.6 is 0 Å². The average molecular weight is 393 g/mol. The largest absolute Gasteiger partial charge is 0.481 e. The van der Waals surface area contributed by atoms with Gasteiger partial charge in [0.15, 0.2) is 0 Å². The molecule has 1 aromatic carbocycles. The van der Waals surface area contributed by atoms with Crippen LogP contribution in [0.4, 0.5) is 5.69 Å². The molecule has 1 aliphatic rings. The van der Waals surface area contributed by atoms with Crippen molar-refractivity contribution < 1.29 is 9.90 Å². The molecule has 29 heavy (non-hydrogen) atoms. The van der Waals surface area contributed by atoms with Crippen LogP contribution in [-0.2, 0) is 11.3 Å². The number of likely N-dealkylation sites (tertiary alicyclic amines) is 1. The van der Waals surface area contributed by atoms with Gasteiger partial charge in [0.1, 0.15) is 5.65 Å². The minimum atomic E-state index is -0.682. The third kappa shape index (κ3) is 3.98. The number of rotatable bonds is 5. The number of fused-ring (bicyclic) bond motifs is 1. The fraction of sp³-hybridized carbons (Fsp3) is 0.391. The van der Waals surface area contributed by atoms with E-state index in [1.807, 2.05) is 18.3 Å². The molecule has 0 aliphatic carbocycles. The molecule has 0 radical (unpaired) electrons. The monoisotopic (exact) mass is 392 g/mol. The van der Waals surface area contributed by atoms with E-state index < -0.39 is 5.97 Å². The van der Waals surface area contributed by atoms with Crippen LogP contribution in [0, 0.1) is 5.92 Å². The Hall–Kier alpha value is -2.86. The molecular weight excluding hydrogens is 364 g/mol. The molecule has 1 saturated heterocycles. The van der Waals surface area contributed by atoms with Gasteiger partial charge in [0, 0.05) is 24.0 Å². The lowest BCUT2D eigenvalue weighted by atomic mass is 9.96. The fourth-order valence-electron chi connectivity index (χ4n) is 4.07. The quantitative estimate of drug-likeness (QED) is 0.686. The molecule has 3 heterocycles. The van der Waals surface area contributed by atoms with E-state index in [4.69, 9.17) is 10.7 Å². The number of carboxylic acids is 1. The van der Waals surface area contributed by atoms with Gasteiger partial charge < -0.3 is 15.2 Å². The van der Waals surface area contributed by atoms with E-state index >= 15 is 0 Å². The number of nitrogens with zero attached hydrogens (tertiary/aromatic N) is 3. The SMILES string of the molecule is CC(C)c1ccc(-c2nc3ccc(N)cn3c2CN2CCC(C(=O)O)CC2)cc1. The second kappa shape index (κ2) is 7.87. The number of carboxylic acid groups (broad SMARTS) is 1. The van der Waals surface area contributed by atoms with Gasteiger partial charge in [-0.25, -0.2) is 4.98 Å². The van der Waals surface area contributed by atoms with Crippen molar-refractivity contribution in [3.05, 3.63) is 53.9 Å². The summed E-state index contributed by atoms with van der Waals surface area (Å²) >= 11 is 0. The molecule has 6 heteroatoms. The standard InChI is InChI=1S/C23H28N4O2/c1-15(2)16-3-5-17(6-4-16)22-20(27-13-19(24)7-8-21(27)25-22)14-26-11-9-18(10-12-26)23(28)29/h3-8,13,15,18H,9-12,14,24H2,1-2H3,(H,28,29). The minimum absolute atomic E-state index is 0.230. The van der Waals surface area contributed by atoms with Crippen LogP contribution in [0.5, 0.6) is 0 Å². The van der Waals surface area contributed by atoms with Crippen LogP contribution in [0.15, 0.2) is 42.6 Å². The Balaban J connectivity index is 1.68. The molecule has 0 unspecified atom stereocenters. The zero-order chi connectivity index (χ0) is 20.5. The average Bonchev–Trinajstić information content (AvgIpc) is 3.06. The first-order valence-electron chi connectivity index (χ1n) is 10.2. The zero-order valence-electron chi connectivity index (χ0n) is 17.0. The number of hydrogen-bond acceptors (Lipinski definition) is 4. The number of piperidine rings is 1. The molecule has 3 N–H and O–H groups in total. The van der Waals surface area contributed by atoms with Gasteiger partial charge in [-0.2, -0.15) is 0 Å². The Morgan fingerprint density at radius 3 is 2.48 bits per heavy atom. The summed E-state index contributed by atoms with van der Waals surface area (Å²) in [7, 11) is 0. The topological polar surface area (TPSA) is 83.9 Å². The smallest absolute Gasteiger partial charge is 0.306 e. The summed E-state index contributed by atoms with van der Waals surface area (Å²) in [5.41, 5.74) is 12.1. The van der Waals surface area contributed by atoms with Gasteiger partial charge in [0.05, 0.1) is 17.3 Å².